The quantitative estimate of drug-likeness (QED) is 0.598. The van der Waals surface area contributed by atoms with Crippen LogP contribution in [-0.2, 0) is 16.1 Å². The summed E-state index contributed by atoms with van der Waals surface area (Å²) < 4.78 is 15.8. The van der Waals surface area contributed by atoms with Crippen LogP contribution in [0.4, 0.5) is 0 Å². The molecular weight excluding hydrogens is 362 g/mol. The van der Waals surface area contributed by atoms with Gasteiger partial charge >= 0.3 is 5.97 Å². The van der Waals surface area contributed by atoms with Gasteiger partial charge in [-0.2, -0.15) is 0 Å². The van der Waals surface area contributed by atoms with Crippen molar-refractivity contribution in [2.24, 2.45) is 0 Å². The Balaban J connectivity index is 1.44. The number of hydrogen-bond acceptors (Lipinski definition) is 7. The van der Waals surface area contributed by atoms with Crippen molar-refractivity contribution in [1.82, 2.24) is 15.5 Å². The van der Waals surface area contributed by atoms with E-state index in [1.807, 2.05) is 37.3 Å². The molecule has 3 aromatic rings. The van der Waals surface area contributed by atoms with Gasteiger partial charge in [0.25, 0.3) is 11.8 Å². The molecule has 1 N–H and O–H groups in total. The molecule has 0 aliphatic rings. The fraction of sp³-hybridized carbons (Fsp3) is 0.200. The standard InChI is InChI=1S/C20H19N3O5/c1-2-26-16-10-8-14(9-11-16)19(25)21-12-18(24)27-13-17-22-23-20(28-17)15-6-4-3-5-7-15/h3-11H,2,12-13H2,1H3,(H,21,25). The lowest BCUT2D eigenvalue weighted by molar-refractivity contribution is -0.144. The van der Waals surface area contributed by atoms with E-state index in [9.17, 15) is 9.59 Å². The zero-order valence-electron chi connectivity index (χ0n) is 15.3. The second-order valence-corrected chi connectivity index (χ2v) is 5.67. The predicted octanol–water partition coefficient (Wildman–Crippen LogP) is 2.61. The van der Waals surface area contributed by atoms with E-state index in [4.69, 9.17) is 13.9 Å². The van der Waals surface area contributed by atoms with E-state index in [1.54, 1.807) is 24.3 Å². The summed E-state index contributed by atoms with van der Waals surface area (Å²) >= 11 is 0. The van der Waals surface area contributed by atoms with Gasteiger partial charge in [-0.3, -0.25) is 9.59 Å². The third-order valence-electron chi connectivity index (χ3n) is 3.67. The molecule has 0 bridgehead atoms. The predicted molar refractivity (Wildman–Crippen MR) is 99.5 cm³/mol. The lowest BCUT2D eigenvalue weighted by atomic mass is 10.2. The Hall–Kier alpha value is -3.68. The van der Waals surface area contributed by atoms with Crippen molar-refractivity contribution in [2.75, 3.05) is 13.2 Å². The number of nitrogens with one attached hydrogen (secondary N) is 1. The highest BCUT2D eigenvalue weighted by molar-refractivity contribution is 5.96. The van der Waals surface area contributed by atoms with Gasteiger partial charge in [0, 0.05) is 11.1 Å². The van der Waals surface area contributed by atoms with Crippen LogP contribution in [0, 0.1) is 0 Å². The van der Waals surface area contributed by atoms with E-state index >= 15 is 0 Å². The van der Waals surface area contributed by atoms with Gasteiger partial charge in [-0.15, -0.1) is 10.2 Å². The minimum absolute atomic E-state index is 0.169. The fourth-order valence-electron chi connectivity index (χ4n) is 2.33. The molecule has 8 heteroatoms. The van der Waals surface area contributed by atoms with Crippen LogP contribution in [0.15, 0.2) is 59.0 Å². The molecule has 1 amide bonds. The number of nitrogens with zero attached hydrogens (tertiary/aromatic N) is 2. The zero-order chi connectivity index (χ0) is 19.8. The van der Waals surface area contributed by atoms with Crippen molar-refractivity contribution < 1.29 is 23.5 Å². The second-order valence-electron chi connectivity index (χ2n) is 5.67. The lowest BCUT2D eigenvalue weighted by Crippen LogP contribution is -2.30. The number of amides is 1. The Morgan fingerprint density at radius 2 is 1.79 bits per heavy atom. The van der Waals surface area contributed by atoms with Gasteiger partial charge in [0.1, 0.15) is 12.3 Å². The molecule has 0 aliphatic carbocycles. The van der Waals surface area contributed by atoms with Crippen molar-refractivity contribution >= 4 is 11.9 Å². The molecule has 0 saturated heterocycles. The molecule has 0 radical (unpaired) electrons. The summed E-state index contributed by atoms with van der Waals surface area (Å²) in [6.07, 6.45) is 0. The van der Waals surface area contributed by atoms with Gasteiger partial charge in [0.2, 0.25) is 5.89 Å². The van der Waals surface area contributed by atoms with Crippen LogP contribution < -0.4 is 10.1 Å². The summed E-state index contributed by atoms with van der Waals surface area (Å²) in [5.41, 5.74) is 1.19. The Morgan fingerprint density at radius 3 is 2.50 bits per heavy atom. The van der Waals surface area contributed by atoms with Crippen molar-refractivity contribution in [2.45, 2.75) is 13.5 Å². The monoisotopic (exact) mass is 381 g/mol. The minimum Gasteiger partial charge on any atom is -0.494 e. The highest BCUT2D eigenvalue weighted by Gasteiger charge is 2.12. The van der Waals surface area contributed by atoms with E-state index in [2.05, 4.69) is 15.5 Å². The summed E-state index contributed by atoms with van der Waals surface area (Å²) in [4.78, 5) is 23.9. The van der Waals surface area contributed by atoms with Crippen LogP contribution in [0.25, 0.3) is 11.5 Å². The number of carbonyl (C=O) groups excluding carboxylic acids is 2. The number of benzene rings is 2. The van der Waals surface area contributed by atoms with Crippen molar-refractivity contribution in [3.05, 3.63) is 66.1 Å². The number of carbonyl (C=O) groups is 2. The normalized spacial score (nSPS) is 10.3. The molecule has 0 saturated carbocycles. The van der Waals surface area contributed by atoms with Gasteiger partial charge in [-0.25, -0.2) is 0 Å². The average molecular weight is 381 g/mol. The molecular formula is C20H19N3O5. The number of hydrogen-bond donors (Lipinski definition) is 1. The molecule has 0 spiro atoms. The first-order valence-electron chi connectivity index (χ1n) is 8.70. The zero-order valence-corrected chi connectivity index (χ0v) is 15.3. The van der Waals surface area contributed by atoms with Crippen LogP contribution in [0.3, 0.4) is 0 Å². The number of esters is 1. The Labute approximate surface area is 161 Å². The fourth-order valence-corrected chi connectivity index (χ4v) is 2.33. The topological polar surface area (TPSA) is 104 Å². The molecule has 0 fully saturated rings. The molecule has 0 unspecified atom stereocenters. The Kier molecular flexibility index (Phi) is 6.35. The number of ether oxygens (including phenoxy) is 2. The van der Waals surface area contributed by atoms with E-state index in [1.165, 1.54) is 0 Å². The van der Waals surface area contributed by atoms with Gasteiger partial charge in [-0.05, 0) is 43.3 Å². The molecule has 3 rings (SSSR count). The molecule has 0 atom stereocenters. The van der Waals surface area contributed by atoms with Crippen LogP contribution in [-0.4, -0.2) is 35.2 Å². The maximum Gasteiger partial charge on any atom is 0.325 e. The molecule has 0 aliphatic heterocycles. The van der Waals surface area contributed by atoms with E-state index in [-0.39, 0.29) is 24.9 Å². The van der Waals surface area contributed by atoms with Crippen molar-refractivity contribution in [1.29, 1.82) is 0 Å². The Morgan fingerprint density at radius 1 is 1.04 bits per heavy atom. The molecule has 144 valence electrons. The number of aromatic nitrogens is 2. The van der Waals surface area contributed by atoms with Gasteiger partial charge in [0.05, 0.1) is 6.61 Å². The highest BCUT2D eigenvalue weighted by atomic mass is 16.5. The maximum atomic E-state index is 12.1. The Bertz CT molecular complexity index is 923. The summed E-state index contributed by atoms with van der Waals surface area (Å²) in [5.74, 6) is 0.191. The van der Waals surface area contributed by atoms with Gasteiger partial charge in [0.15, 0.2) is 6.61 Å². The van der Waals surface area contributed by atoms with Crippen LogP contribution in [0.2, 0.25) is 0 Å². The minimum atomic E-state index is -0.612. The summed E-state index contributed by atoms with van der Waals surface area (Å²) in [5, 5.41) is 10.2. The molecule has 28 heavy (non-hydrogen) atoms. The average Bonchev–Trinajstić information content (AvgIpc) is 3.21. The molecule has 2 aromatic carbocycles. The van der Waals surface area contributed by atoms with E-state index in [0.717, 1.165) is 5.56 Å². The lowest BCUT2D eigenvalue weighted by Gasteiger charge is -2.06. The van der Waals surface area contributed by atoms with E-state index < -0.39 is 5.97 Å². The van der Waals surface area contributed by atoms with Crippen LogP contribution in [0.5, 0.6) is 5.75 Å². The third-order valence-corrected chi connectivity index (χ3v) is 3.67. The summed E-state index contributed by atoms with van der Waals surface area (Å²) in [6.45, 7) is 1.98. The second kappa shape index (κ2) is 9.31. The first-order valence-corrected chi connectivity index (χ1v) is 8.70. The SMILES string of the molecule is CCOc1ccc(C(=O)NCC(=O)OCc2nnc(-c3ccccc3)o2)cc1. The highest BCUT2D eigenvalue weighted by Crippen LogP contribution is 2.17. The molecule has 8 nitrogen and oxygen atoms in total. The third kappa shape index (κ3) is 5.16. The van der Waals surface area contributed by atoms with Crippen LogP contribution >= 0.6 is 0 Å². The first kappa shape index (κ1) is 19.1. The first-order chi connectivity index (χ1) is 13.7. The molecule has 1 aromatic heterocycles. The van der Waals surface area contributed by atoms with E-state index in [0.29, 0.717) is 23.8 Å². The largest absolute Gasteiger partial charge is 0.494 e. The van der Waals surface area contributed by atoms with Crippen molar-refractivity contribution in [3.63, 3.8) is 0 Å². The summed E-state index contributed by atoms with van der Waals surface area (Å²) in [6, 6.07) is 15.9. The number of rotatable bonds is 8. The maximum absolute atomic E-state index is 12.1. The summed E-state index contributed by atoms with van der Waals surface area (Å²) in [7, 11) is 0. The van der Waals surface area contributed by atoms with Gasteiger partial charge < -0.3 is 19.2 Å². The molecule has 1 heterocycles. The smallest absolute Gasteiger partial charge is 0.325 e. The van der Waals surface area contributed by atoms with Crippen LogP contribution in [0.1, 0.15) is 23.2 Å². The van der Waals surface area contributed by atoms with Crippen molar-refractivity contribution in [3.8, 4) is 17.2 Å². The van der Waals surface area contributed by atoms with Gasteiger partial charge in [-0.1, -0.05) is 18.2 Å².